The molecule has 3 heterocycles. The van der Waals surface area contributed by atoms with Crippen LogP contribution in [0.1, 0.15) is 76.7 Å². The molecule has 0 radical (unpaired) electrons. The van der Waals surface area contributed by atoms with Crippen molar-refractivity contribution in [2.75, 3.05) is 13.2 Å². The molecular weight excluding hydrogens is 562 g/mol. The van der Waals surface area contributed by atoms with Gasteiger partial charge in [-0.15, -0.1) is 0 Å². The van der Waals surface area contributed by atoms with Gasteiger partial charge in [-0.3, -0.25) is 4.79 Å². The van der Waals surface area contributed by atoms with Crippen LogP contribution in [0, 0.1) is 11.8 Å². The highest BCUT2D eigenvalue weighted by atomic mass is 16.6. The van der Waals surface area contributed by atoms with Gasteiger partial charge in [-0.2, -0.15) is 0 Å². The molecule has 236 valence electrons. The summed E-state index contributed by atoms with van der Waals surface area (Å²) >= 11 is 0. The van der Waals surface area contributed by atoms with Crippen LogP contribution in [-0.4, -0.2) is 70.4 Å². The second-order valence-corrected chi connectivity index (χ2v) is 12.5. The number of para-hydroxylation sites is 1. The molecule has 2 saturated carbocycles. The summed E-state index contributed by atoms with van der Waals surface area (Å²) in [5, 5.41) is 14.0. The highest BCUT2D eigenvalue weighted by molar-refractivity contribution is 5.90. The molecule has 2 N–H and O–H groups in total. The first-order chi connectivity index (χ1) is 21.4. The number of carbonyl (C=O) groups excluding carboxylic acids is 2. The van der Waals surface area contributed by atoms with Crippen LogP contribution in [-0.2, 0) is 20.7 Å². The van der Waals surface area contributed by atoms with Crippen molar-refractivity contribution in [3.8, 4) is 11.6 Å². The maximum absolute atomic E-state index is 14.1. The molecule has 2 aromatic rings. The molecule has 10 nitrogen and oxygen atoms in total. The fraction of sp³-hybridized carbons (Fsp3) is 0.588. The molecule has 1 saturated heterocycles. The number of aromatic nitrogens is 1. The highest BCUT2D eigenvalue weighted by Crippen LogP contribution is 2.38. The summed E-state index contributed by atoms with van der Waals surface area (Å²) < 4.78 is 18.6. The minimum Gasteiger partial charge on any atom is -0.493 e. The molecule has 1 aromatic carbocycles. The molecule has 2 aliphatic heterocycles. The minimum absolute atomic E-state index is 0.0675. The van der Waals surface area contributed by atoms with Crippen molar-refractivity contribution in [3.63, 3.8) is 0 Å². The smallest absolute Gasteiger partial charge is 0.408 e. The Kier molecular flexibility index (Phi) is 9.23. The van der Waals surface area contributed by atoms with Crippen molar-refractivity contribution < 1.29 is 33.7 Å². The Morgan fingerprint density at radius 2 is 1.84 bits per heavy atom. The van der Waals surface area contributed by atoms with Crippen molar-refractivity contribution in [3.05, 3.63) is 42.0 Å². The number of aliphatic carboxylic acids is 1. The van der Waals surface area contributed by atoms with E-state index in [-0.39, 0.29) is 36.8 Å². The third-order valence-corrected chi connectivity index (χ3v) is 9.75. The van der Waals surface area contributed by atoms with Crippen LogP contribution in [0.2, 0.25) is 0 Å². The van der Waals surface area contributed by atoms with Crippen LogP contribution in [0.4, 0.5) is 4.79 Å². The second kappa shape index (κ2) is 13.4. The number of carbonyl (C=O) groups is 3. The van der Waals surface area contributed by atoms with E-state index in [2.05, 4.69) is 17.5 Å². The van der Waals surface area contributed by atoms with Gasteiger partial charge in [0.1, 0.15) is 30.0 Å². The van der Waals surface area contributed by atoms with E-state index in [0.29, 0.717) is 24.7 Å². The van der Waals surface area contributed by atoms with E-state index in [1.54, 1.807) is 0 Å². The molecular formula is C34H43N3O7. The molecule has 10 heteroatoms. The zero-order valence-corrected chi connectivity index (χ0v) is 25.4. The van der Waals surface area contributed by atoms with Crippen molar-refractivity contribution in [2.45, 2.75) is 102 Å². The SMILES string of the molecule is CCOc1c2c(nc3ccccc13)O[C@@H]1C[C@@H](C(=O)O)N(C1)C(=O)[C@H](C1CCCC1)NC(=O)O[C@@H]1CCC[C@H]1CCC=CC2. The van der Waals surface area contributed by atoms with Crippen molar-refractivity contribution in [1.82, 2.24) is 15.2 Å². The van der Waals surface area contributed by atoms with Gasteiger partial charge in [0.2, 0.25) is 11.8 Å². The molecule has 2 aliphatic carbocycles. The van der Waals surface area contributed by atoms with E-state index in [4.69, 9.17) is 19.2 Å². The number of hydrogen-bond donors (Lipinski definition) is 2. The lowest BCUT2D eigenvalue weighted by molar-refractivity contribution is -0.149. The first-order valence-electron chi connectivity index (χ1n) is 16.3. The van der Waals surface area contributed by atoms with E-state index in [1.165, 1.54) is 4.90 Å². The highest BCUT2D eigenvalue weighted by Gasteiger charge is 2.46. The summed E-state index contributed by atoms with van der Waals surface area (Å²) in [5.41, 5.74) is 1.52. The topological polar surface area (TPSA) is 127 Å². The van der Waals surface area contributed by atoms with E-state index in [0.717, 1.165) is 74.3 Å². The number of pyridine rings is 1. The fourth-order valence-electron chi connectivity index (χ4n) is 7.57. The number of hydrogen-bond acceptors (Lipinski definition) is 7. The first kappa shape index (κ1) is 30.2. The van der Waals surface area contributed by atoms with Gasteiger partial charge in [0, 0.05) is 11.8 Å². The number of rotatable bonds is 4. The van der Waals surface area contributed by atoms with E-state index in [1.807, 2.05) is 31.2 Å². The molecule has 44 heavy (non-hydrogen) atoms. The van der Waals surface area contributed by atoms with Gasteiger partial charge < -0.3 is 29.5 Å². The number of nitrogens with zero attached hydrogens (tertiary/aromatic N) is 2. The third-order valence-electron chi connectivity index (χ3n) is 9.75. The Morgan fingerprint density at radius 3 is 2.64 bits per heavy atom. The number of benzene rings is 1. The molecule has 1 aromatic heterocycles. The van der Waals surface area contributed by atoms with E-state index in [9.17, 15) is 19.5 Å². The van der Waals surface area contributed by atoms with Crippen molar-refractivity contribution >= 4 is 28.9 Å². The van der Waals surface area contributed by atoms with Crippen LogP contribution in [0.5, 0.6) is 11.6 Å². The monoisotopic (exact) mass is 605 g/mol. The lowest BCUT2D eigenvalue weighted by Crippen LogP contribution is -2.55. The Morgan fingerprint density at radius 1 is 1.05 bits per heavy atom. The van der Waals surface area contributed by atoms with Gasteiger partial charge in [-0.25, -0.2) is 14.6 Å². The summed E-state index contributed by atoms with van der Waals surface area (Å²) in [6, 6.07) is 5.83. The number of carboxylic acids is 1. The number of amides is 2. The molecule has 2 amide bonds. The number of allylic oxidation sites excluding steroid dienone is 2. The molecule has 4 aliphatic rings. The lowest BCUT2D eigenvalue weighted by atomic mass is 9.96. The molecule has 6 rings (SSSR count). The summed E-state index contributed by atoms with van der Waals surface area (Å²) in [4.78, 5) is 46.0. The lowest BCUT2D eigenvalue weighted by Gasteiger charge is -2.31. The number of alkyl carbamates (subject to hydrolysis) is 1. The molecule has 3 fully saturated rings. The fourth-order valence-corrected chi connectivity index (χ4v) is 7.57. The third kappa shape index (κ3) is 6.35. The molecule has 2 bridgehead atoms. The zero-order valence-electron chi connectivity index (χ0n) is 25.4. The maximum atomic E-state index is 14.1. The minimum atomic E-state index is -1.10. The normalized spacial score (nSPS) is 28.4. The maximum Gasteiger partial charge on any atom is 0.408 e. The number of nitrogens with one attached hydrogen (secondary N) is 1. The molecule has 0 unspecified atom stereocenters. The summed E-state index contributed by atoms with van der Waals surface area (Å²) in [5.74, 6) is -0.196. The summed E-state index contributed by atoms with van der Waals surface area (Å²) in [6.07, 6.45) is 11.6. The summed E-state index contributed by atoms with van der Waals surface area (Å²) in [7, 11) is 0. The Bertz CT molecular complexity index is 1400. The largest absolute Gasteiger partial charge is 0.493 e. The van der Waals surface area contributed by atoms with Crippen LogP contribution >= 0.6 is 0 Å². The van der Waals surface area contributed by atoms with Crippen molar-refractivity contribution in [2.24, 2.45) is 11.8 Å². The van der Waals surface area contributed by atoms with Gasteiger partial charge in [-0.05, 0) is 82.3 Å². The average molecular weight is 606 g/mol. The van der Waals surface area contributed by atoms with Gasteiger partial charge in [0.05, 0.1) is 24.2 Å². The Hall–Kier alpha value is -3.82. The van der Waals surface area contributed by atoms with Gasteiger partial charge in [0.15, 0.2) is 0 Å². The number of carboxylic acid groups (broad SMARTS) is 1. The second-order valence-electron chi connectivity index (χ2n) is 12.5. The molecule has 5 atom stereocenters. The Balaban J connectivity index is 1.38. The summed E-state index contributed by atoms with van der Waals surface area (Å²) in [6.45, 7) is 2.49. The van der Waals surface area contributed by atoms with E-state index < -0.39 is 30.3 Å². The quantitative estimate of drug-likeness (QED) is 0.443. The van der Waals surface area contributed by atoms with Gasteiger partial charge in [-0.1, -0.05) is 37.1 Å². The predicted octanol–water partition coefficient (Wildman–Crippen LogP) is 5.41. The van der Waals surface area contributed by atoms with Crippen LogP contribution in [0.3, 0.4) is 0 Å². The zero-order chi connectivity index (χ0) is 30.6. The molecule has 0 spiro atoms. The van der Waals surface area contributed by atoms with Gasteiger partial charge in [0.25, 0.3) is 0 Å². The number of fused-ring (bicyclic) bond motifs is 5. The number of ether oxygens (including phenoxy) is 3. The van der Waals surface area contributed by atoms with Crippen molar-refractivity contribution in [1.29, 1.82) is 0 Å². The standard InChI is InChI=1S/C34H43N3O7/c1-2-42-30-24-15-8-9-17-26(24)35-31-25(30)16-5-3-4-11-21-14-10-18-28(21)44-34(41)36-29(22-12-6-7-13-22)32(38)37-20-23(43-31)19-27(37)33(39)40/h3,5,8-9,15,17,21-23,27-29H,2,4,6-7,10-14,16,18-20H2,1H3,(H,36,41)(H,39,40)/t21-,23-,27+,28-,29+/m1/s1. The van der Waals surface area contributed by atoms with E-state index >= 15 is 0 Å². The van der Waals surface area contributed by atoms with Crippen LogP contribution in [0.25, 0.3) is 10.9 Å². The van der Waals surface area contributed by atoms with Gasteiger partial charge >= 0.3 is 12.1 Å². The predicted molar refractivity (Wildman–Crippen MR) is 164 cm³/mol. The Labute approximate surface area is 258 Å². The van der Waals surface area contributed by atoms with Crippen LogP contribution in [0.15, 0.2) is 36.4 Å². The van der Waals surface area contributed by atoms with Crippen LogP contribution < -0.4 is 14.8 Å². The average Bonchev–Trinajstić information content (AvgIpc) is 3.78. The first-order valence-corrected chi connectivity index (χ1v) is 16.3.